The molecule has 0 fully saturated rings. The molecule has 1 aromatic heterocycles. The summed E-state index contributed by atoms with van der Waals surface area (Å²) >= 11 is 0. The molecule has 0 bridgehead atoms. The van der Waals surface area contributed by atoms with E-state index in [2.05, 4.69) is 15.6 Å². The van der Waals surface area contributed by atoms with Crippen molar-refractivity contribution in [3.63, 3.8) is 0 Å². The minimum Gasteiger partial charge on any atom is -0.496 e. The maximum Gasteiger partial charge on any atom is 0.325 e. The van der Waals surface area contributed by atoms with Crippen molar-refractivity contribution >= 4 is 17.7 Å². The van der Waals surface area contributed by atoms with Crippen LogP contribution in [0.25, 0.3) is 0 Å². The van der Waals surface area contributed by atoms with Crippen molar-refractivity contribution in [2.24, 2.45) is 0 Å². The lowest BCUT2D eigenvalue weighted by atomic mass is 10.1. The maximum absolute atomic E-state index is 12.1. The number of hydrogen-bond donors (Lipinski definition) is 2. The number of nitrogens with one attached hydrogen (secondary N) is 1. The molecule has 2 rings (SSSR count). The van der Waals surface area contributed by atoms with Gasteiger partial charge in [0.05, 0.1) is 13.3 Å². The van der Waals surface area contributed by atoms with E-state index in [0.29, 0.717) is 11.3 Å². The van der Waals surface area contributed by atoms with Crippen LogP contribution in [0.5, 0.6) is 5.75 Å². The molecular formula is C13H14N4O4. The number of anilines is 1. The summed E-state index contributed by atoms with van der Waals surface area (Å²) in [5, 5.41) is 18.5. The summed E-state index contributed by atoms with van der Waals surface area (Å²) in [5.41, 5.74) is 1.28. The SMILES string of the molecule is COc1ccc(C(=O)Nc2cn(CC(=O)O)nn2)cc1C. The molecule has 0 radical (unpaired) electrons. The number of carboxylic acid groups (broad SMARTS) is 1. The largest absolute Gasteiger partial charge is 0.496 e. The number of benzene rings is 1. The number of aromatic nitrogens is 3. The summed E-state index contributed by atoms with van der Waals surface area (Å²) in [5.74, 6) is -0.514. The molecule has 0 saturated carbocycles. The quantitative estimate of drug-likeness (QED) is 0.848. The van der Waals surface area contributed by atoms with Gasteiger partial charge in [0.25, 0.3) is 5.91 Å². The fourth-order valence-corrected chi connectivity index (χ4v) is 1.78. The summed E-state index contributed by atoms with van der Waals surface area (Å²) < 4.78 is 6.25. The number of ether oxygens (including phenoxy) is 1. The summed E-state index contributed by atoms with van der Waals surface area (Å²) in [4.78, 5) is 22.6. The molecule has 0 unspecified atom stereocenters. The Morgan fingerprint density at radius 3 is 2.81 bits per heavy atom. The van der Waals surface area contributed by atoms with Gasteiger partial charge in [-0.05, 0) is 30.7 Å². The van der Waals surface area contributed by atoms with E-state index < -0.39 is 5.97 Å². The minimum absolute atomic E-state index is 0.190. The first-order chi connectivity index (χ1) is 9.99. The van der Waals surface area contributed by atoms with Gasteiger partial charge in [0.1, 0.15) is 12.3 Å². The highest BCUT2D eigenvalue weighted by molar-refractivity contribution is 6.03. The van der Waals surface area contributed by atoms with Crippen LogP contribution in [-0.4, -0.2) is 39.1 Å². The second-order valence-electron chi connectivity index (χ2n) is 4.33. The van der Waals surface area contributed by atoms with Crippen LogP contribution < -0.4 is 10.1 Å². The molecule has 110 valence electrons. The normalized spacial score (nSPS) is 10.2. The molecule has 0 aliphatic heterocycles. The van der Waals surface area contributed by atoms with Gasteiger partial charge in [-0.15, -0.1) is 5.10 Å². The van der Waals surface area contributed by atoms with Crippen molar-refractivity contribution in [1.29, 1.82) is 0 Å². The minimum atomic E-state index is -1.04. The highest BCUT2D eigenvalue weighted by atomic mass is 16.5. The summed E-state index contributed by atoms with van der Waals surface area (Å²) in [7, 11) is 1.56. The molecule has 21 heavy (non-hydrogen) atoms. The molecule has 1 aromatic carbocycles. The second-order valence-corrected chi connectivity index (χ2v) is 4.33. The van der Waals surface area contributed by atoms with E-state index in [4.69, 9.17) is 9.84 Å². The fraction of sp³-hybridized carbons (Fsp3) is 0.231. The Balaban J connectivity index is 2.09. The van der Waals surface area contributed by atoms with Gasteiger partial charge >= 0.3 is 5.97 Å². The van der Waals surface area contributed by atoms with Gasteiger partial charge in [-0.3, -0.25) is 9.59 Å². The molecule has 0 saturated heterocycles. The zero-order chi connectivity index (χ0) is 15.4. The predicted octanol–water partition coefficient (Wildman–Crippen LogP) is 0.932. The Morgan fingerprint density at radius 1 is 1.43 bits per heavy atom. The number of nitrogens with zero attached hydrogens (tertiary/aromatic N) is 3. The molecule has 0 atom stereocenters. The summed E-state index contributed by atoms with van der Waals surface area (Å²) in [6.07, 6.45) is 1.35. The smallest absolute Gasteiger partial charge is 0.325 e. The van der Waals surface area contributed by atoms with E-state index in [-0.39, 0.29) is 18.3 Å². The molecule has 1 amide bonds. The number of aliphatic carboxylic acids is 1. The highest BCUT2D eigenvalue weighted by Crippen LogP contribution is 2.19. The van der Waals surface area contributed by atoms with Crippen molar-refractivity contribution in [1.82, 2.24) is 15.0 Å². The van der Waals surface area contributed by atoms with E-state index in [1.807, 2.05) is 6.92 Å². The first kappa shape index (κ1) is 14.5. The van der Waals surface area contributed by atoms with E-state index in [1.165, 1.54) is 6.20 Å². The number of carbonyl (C=O) groups is 2. The lowest BCUT2D eigenvalue weighted by Gasteiger charge is -2.06. The predicted molar refractivity (Wildman–Crippen MR) is 73.3 cm³/mol. The standard InChI is InChI=1S/C13H14N4O4/c1-8-5-9(3-4-10(8)21-2)13(20)14-11-6-17(16-15-11)7-12(18)19/h3-6H,7H2,1-2H3,(H,14,20)(H,18,19). The molecule has 0 aliphatic carbocycles. The van der Waals surface area contributed by atoms with E-state index >= 15 is 0 Å². The van der Waals surface area contributed by atoms with Crippen molar-refractivity contribution in [3.8, 4) is 5.75 Å². The van der Waals surface area contributed by atoms with Crippen LogP contribution in [0.2, 0.25) is 0 Å². The third-order valence-corrected chi connectivity index (χ3v) is 2.73. The van der Waals surface area contributed by atoms with Crippen molar-refractivity contribution in [2.75, 3.05) is 12.4 Å². The molecule has 0 aliphatic rings. The number of hydrogen-bond acceptors (Lipinski definition) is 5. The number of aryl methyl sites for hydroxylation is 1. The summed E-state index contributed by atoms with van der Waals surface area (Å²) in [6.45, 7) is 1.52. The highest BCUT2D eigenvalue weighted by Gasteiger charge is 2.11. The molecule has 1 heterocycles. The van der Waals surface area contributed by atoms with Crippen LogP contribution in [0.4, 0.5) is 5.82 Å². The lowest BCUT2D eigenvalue weighted by molar-refractivity contribution is -0.137. The Hall–Kier alpha value is -2.90. The van der Waals surface area contributed by atoms with Gasteiger partial charge in [0.2, 0.25) is 0 Å². The molecule has 0 spiro atoms. The van der Waals surface area contributed by atoms with Crippen LogP contribution in [0.3, 0.4) is 0 Å². The van der Waals surface area contributed by atoms with Gasteiger partial charge < -0.3 is 15.2 Å². The van der Waals surface area contributed by atoms with Crippen molar-refractivity contribution < 1.29 is 19.4 Å². The first-order valence-electron chi connectivity index (χ1n) is 6.07. The number of amides is 1. The number of carbonyl (C=O) groups excluding carboxylic acids is 1. The van der Waals surface area contributed by atoms with Crippen LogP contribution in [0.15, 0.2) is 24.4 Å². The van der Waals surface area contributed by atoms with Gasteiger partial charge in [0.15, 0.2) is 5.82 Å². The fourth-order valence-electron chi connectivity index (χ4n) is 1.78. The molecule has 2 aromatic rings. The third kappa shape index (κ3) is 3.56. The average Bonchev–Trinajstić information content (AvgIpc) is 2.84. The number of methoxy groups -OCH3 is 1. The van der Waals surface area contributed by atoms with E-state index in [1.54, 1.807) is 25.3 Å². The lowest BCUT2D eigenvalue weighted by Crippen LogP contribution is -2.12. The monoisotopic (exact) mass is 290 g/mol. The third-order valence-electron chi connectivity index (χ3n) is 2.73. The van der Waals surface area contributed by atoms with E-state index in [0.717, 1.165) is 10.2 Å². The first-order valence-corrected chi connectivity index (χ1v) is 6.07. The Kier molecular flexibility index (Phi) is 4.17. The topological polar surface area (TPSA) is 106 Å². The van der Waals surface area contributed by atoms with Crippen molar-refractivity contribution in [2.45, 2.75) is 13.5 Å². The van der Waals surface area contributed by atoms with Crippen LogP contribution >= 0.6 is 0 Å². The van der Waals surface area contributed by atoms with Gasteiger partial charge in [-0.25, -0.2) is 4.68 Å². The Bertz CT molecular complexity index is 681. The van der Waals surface area contributed by atoms with Crippen LogP contribution in [0, 0.1) is 6.92 Å². The van der Waals surface area contributed by atoms with E-state index in [9.17, 15) is 9.59 Å². The Labute approximate surface area is 120 Å². The zero-order valence-electron chi connectivity index (χ0n) is 11.5. The zero-order valence-corrected chi connectivity index (χ0v) is 11.5. The Morgan fingerprint density at radius 2 is 2.19 bits per heavy atom. The van der Waals surface area contributed by atoms with Crippen molar-refractivity contribution in [3.05, 3.63) is 35.5 Å². The molecule has 2 N–H and O–H groups in total. The van der Waals surface area contributed by atoms with Gasteiger partial charge in [-0.1, -0.05) is 5.21 Å². The summed E-state index contributed by atoms with van der Waals surface area (Å²) in [6, 6.07) is 5.02. The van der Waals surface area contributed by atoms with Gasteiger partial charge in [-0.2, -0.15) is 0 Å². The molecular weight excluding hydrogens is 276 g/mol. The van der Waals surface area contributed by atoms with Crippen LogP contribution in [-0.2, 0) is 11.3 Å². The van der Waals surface area contributed by atoms with Crippen LogP contribution in [0.1, 0.15) is 15.9 Å². The molecule has 8 nitrogen and oxygen atoms in total. The average molecular weight is 290 g/mol. The second kappa shape index (κ2) is 6.04. The molecule has 8 heteroatoms. The van der Waals surface area contributed by atoms with Gasteiger partial charge in [0, 0.05) is 5.56 Å². The number of rotatable bonds is 5. The number of carboxylic acids is 1. The maximum atomic E-state index is 12.1.